The first kappa shape index (κ1) is 17.4. The Morgan fingerprint density at radius 2 is 1.95 bits per heavy atom. The Morgan fingerprint density at radius 1 is 1.24 bits per heavy atom. The summed E-state index contributed by atoms with van der Waals surface area (Å²) in [5, 5.41) is 2.84. The fourth-order valence-electron chi connectivity index (χ4n) is 1.67. The average molecular weight is 294 g/mol. The topological polar surface area (TPSA) is 60.5 Å². The van der Waals surface area contributed by atoms with Crippen molar-refractivity contribution in [3.8, 4) is 5.88 Å². The Kier molecular flexibility index (Phi) is 7.15. The van der Waals surface area contributed by atoms with Crippen LogP contribution in [0.5, 0.6) is 5.88 Å². The van der Waals surface area contributed by atoms with Crippen LogP contribution < -0.4 is 10.1 Å². The molecule has 0 saturated heterocycles. The van der Waals surface area contributed by atoms with E-state index >= 15 is 0 Å². The molecule has 1 aromatic rings. The highest BCUT2D eigenvalue weighted by Crippen LogP contribution is 2.19. The van der Waals surface area contributed by atoms with Crippen LogP contribution in [-0.2, 0) is 9.53 Å². The zero-order valence-corrected chi connectivity index (χ0v) is 13.4. The van der Waals surface area contributed by atoms with Crippen molar-refractivity contribution in [2.45, 2.75) is 52.6 Å². The first-order chi connectivity index (χ1) is 10.1. The van der Waals surface area contributed by atoms with E-state index in [4.69, 9.17) is 9.47 Å². The standard InChI is InChI=1S/C16H26N2O3/c1-5-10-20-14-9-8-13(12-17-14)18-15(19)16(4,7-3)21-11-6-2/h8-9,12H,5-7,10-11H2,1-4H3,(H,18,19)/t16-/m0/s1. The van der Waals surface area contributed by atoms with E-state index in [1.807, 2.05) is 27.7 Å². The van der Waals surface area contributed by atoms with Crippen molar-refractivity contribution in [1.82, 2.24) is 4.98 Å². The first-order valence-corrected chi connectivity index (χ1v) is 7.60. The van der Waals surface area contributed by atoms with E-state index in [0.717, 1.165) is 12.8 Å². The van der Waals surface area contributed by atoms with Gasteiger partial charge in [0.1, 0.15) is 5.60 Å². The van der Waals surface area contributed by atoms with E-state index in [0.29, 0.717) is 31.2 Å². The summed E-state index contributed by atoms with van der Waals surface area (Å²) >= 11 is 0. The third-order valence-corrected chi connectivity index (χ3v) is 3.23. The van der Waals surface area contributed by atoms with E-state index in [-0.39, 0.29) is 5.91 Å². The summed E-state index contributed by atoms with van der Waals surface area (Å²) in [4.78, 5) is 16.5. The number of amides is 1. The quantitative estimate of drug-likeness (QED) is 0.758. The van der Waals surface area contributed by atoms with E-state index in [2.05, 4.69) is 10.3 Å². The number of rotatable bonds is 9. The minimum absolute atomic E-state index is 0.150. The van der Waals surface area contributed by atoms with Gasteiger partial charge < -0.3 is 14.8 Å². The van der Waals surface area contributed by atoms with E-state index in [1.165, 1.54) is 0 Å². The van der Waals surface area contributed by atoms with Crippen LogP contribution in [0.1, 0.15) is 47.0 Å². The number of anilines is 1. The SMILES string of the molecule is CCCOc1ccc(NC(=O)[C@](C)(CC)OCCC)cn1. The molecule has 1 rings (SSSR count). The Hall–Kier alpha value is -1.62. The highest BCUT2D eigenvalue weighted by Gasteiger charge is 2.32. The smallest absolute Gasteiger partial charge is 0.256 e. The number of hydrogen-bond donors (Lipinski definition) is 1. The zero-order valence-electron chi connectivity index (χ0n) is 13.4. The number of carbonyl (C=O) groups excluding carboxylic acids is 1. The maximum Gasteiger partial charge on any atom is 0.256 e. The molecule has 5 heteroatoms. The highest BCUT2D eigenvalue weighted by atomic mass is 16.5. The molecular formula is C16H26N2O3. The van der Waals surface area contributed by atoms with E-state index in [1.54, 1.807) is 18.3 Å². The molecule has 0 spiro atoms. The van der Waals surface area contributed by atoms with Crippen molar-refractivity contribution in [1.29, 1.82) is 0 Å². The maximum atomic E-state index is 12.3. The second kappa shape index (κ2) is 8.62. The van der Waals surface area contributed by atoms with E-state index in [9.17, 15) is 4.79 Å². The molecule has 0 saturated carbocycles. The summed E-state index contributed by atoms with van der Waals surface area (Å²) in [7, 11) is 0. The minimum Gasteiger partial charge on any atom is -0.478 e. The van der Waals surface area contributed by atoms with Gasteiger partial charge >= 0.3 is 0 Å². The summed E-state index contributed by atoms with van der Waals surface area (Å²) in [6.45, 7) is 9.01. The van der Waals surface area contributed by atoms with Crippen molar-refractivity contribution in [2.24, 2.45) is 0 Å². The summed E-state index contributed by atoms with van der Waals surface area (Å²) in [5.74, 6) is 0.415. The van der Waals surface area contributed by atoms with Crippen LogP contribution in [0, 0.1) is 0 Å². The number of aromatic nitrogens is 1. The molecule has 0 unspecified atom stereocenters. The number of hydrogen-bond acceptors (Lipinski definition) is 4. The normalized spacial score (nSPS) is 13.5. The molecule has 1 amide bonds. The highest BCUT2D eigenvalue weighted by molar-refractivity contribution is 5.96. The Morgan fingerprint density at radius 3 is 2.48 bits per heavy atom. The summed E-state index contributed by atoms with van der Waals surface area (Å²) in [5.41, 5.74) is -0.170. The van der Waals surface area contributed by atoms with Gasteiger partial charge in [0.05, 0.1) is 18.5 Å². The lowest BCUT2D eigenvalue weighted by Gasteiger charge is -2.27. The number of ether oxygens (including phenoxy) is 2. The molecule has 21 heavy (non-hydrogen) atoms. The fourth-order valence-corrected chi connectivity index (χ4v) is 1.67. The van der Waals surface area contributed by atoms with Crippen LogP contribution in [0.4, 0.5) is 5.69 Å². The van der Waals surface area contributed by atoms with Crippen LogP contribution in [0.25, 0.3) is 0 Å². The molecule has 118 valence electrons. The number of pyridine rings is 1. The van der Waals surface area contributed by atoms with Crippen LogP contribution in [0.3, 0.4) is 0 Å². The molecule has 1 heterocycles. The molecule has 0 aromatic carbocycles. The molecule has 0 fully saturated rings. The lowest BCUT2D eigenvalue weighted by molar-refractivity contribution is -0.139. The predicted molar refractivity (Wildman–Crippen MR) is 83.6 cm³/mol. The van der Waals surface area contributed by atoms with Crippen molar-refractivity contribution >= 4 is 11.6 Å². The molecule has 0 aliphatic heterocycles. The molecule has 0 aliphatic carbocycles. The number of nitrogens with zero attached hydrogens (tertiary/aromatic N) is 1. The lowest BCUT2D eigenvalue weighted by Crippen LogP contribution is -2.42. The van der Waals surface area contributed by atoms with Crippen LogP contribution in [0.15, 0.2) is 18.3 Å². The van der Waals surface area contributed by atoms with Gasteiger partial charge in [-0.05, 0) is 32.3 Å². The van der Waals surface area contributed by atoms with Crippen LogP contribution in [0.2, 0.25) is 0 Å². The van der Waals surface area contributed by atoms with Gasteiger partial charge in [-0.15, -0.1) is 0 Å². The second-order valence-corrected chi connectivity index (χ2v) is 5.12. The Bertz CT molecular complexity index is 434. The molecule has 0 aliphatic rings. The van der Waals surface area contributed by atoms with Gasteiger partial charge in [-0.3, -0.25) is 4.79 Å². The molecular weight excluding hydrogens is 268 g/mol. The second-order valence-electron chi connectivity index (χ2n) is 5.12. The molecule has 0 radical (unpaired) electrons. The van der Waals surface area contributed by atoms with Crippen molar-refractivity contribution < 1.29 is 14.3 Å². The van der Waals surface area contributed by atoms with Crippen LogP contribution in [-0.4, -0.2) is 29.7 Å². The van der Waals surface area contributed by atoms with Gasteiger partial charge in [-0.2, -0.15) is 0 Å². The average Bonchev–Trinajstić information content (AvgIpc) is 2.51. The summed E-state index contributed by atoms with van der Waals surface area (Å²) in [6, 6.07) is 3.53. The predicted octanol–water partition coefficient (Wildman–Crippen LogP) is 3.40. The van der Waals surface area contributed by atoms with Crippen LogP contribution >= 0.6 is 0 Å². The van der Waals surface area contributed by atoms with E-state index < -0.39 is 5.60 Å². The third-order valence-electron chi connectivity index (χ3n) is 3.23. The first-order valence-electron chi connectivity index (χ1n) is 7.60. The minimum atomic E-state index is -0.812. The summed E-state index contributed by atoms with van der Waals surface area (Å²) in [6.07, 6.45) is 4.03. The van der Waals surface area contributed by atoms with Crippen molar-refractivity contribution in [3.05, 3.63) is 18.3 Å². The van der Waals surface area contributed by atoms with Crippen molar-refractivity contribution in [2.75, 3.05) is 18.5 Å². The molecule has 5 nitrogen and oxygen atoms in total. The fraction of sp³-hybridized carbons (Fsp3) is 0.625. The molecule has 1 atom stereocenters. The van der Waals surface area contributed by atoms with Gasteiger partial charge in [0.2, 0.25) is 5.88 Å². The Balaban J connectivity index is 2.64. The largest absolute Gasteiger partial charge is 0.478 e. The van der Waals surface area contributed by atoms with Gasteiger partial charge in [0.15, 0.2) is 0 Å². The third kappa shape index (κ3) is 5.34. The Labute approximate surface area is 127 Å². The van der Waals surface area contributed by atoms with Gasteiger partial charge in [0.25, 0.3) is 5.91 Å². The maximum absolute atomic E-state index is 12.3. The van der Waals surface area contributed by atoms with Gasteiger partial charge in [0, 0.05) is 12.7 Å². The monoisotopic (exact) mass is 294 g/mol. The zero-order chi connectivity index (χ0) is 15.7. The molecule has 0 bridgehead atoms. The molecule has 1 N–H and O–H groups in total. The van der Waals surface area contributed by atoms with Gasteiger partial charge in [-0.1, -0.05) is 20.8 Å². The summed E-state index contributed by atoms with van der Waals surface area (Å²) < 4.78 is 11.1. The number of carbonyl (C=O) groups is 1. The lowest BCUT2D eigenvalue weighted by atomic mass is 10.0. The number of nitrogens with one attached hydrogen (secondary N) is 1. The van der Waals surface area contributed by atoms with Crippen molar-refractivity contribution in [3.63, 3.8) is 0 Å². The molecule has 1 aromatic heterocycles. The van der Waals surface area contributed by atoms with Gasteiger partial charge in [-0.25, -0.2) is 4.98 Å².